The molecule has 0 aliphatic carbocycles. The Morgan fingerprint density at radius 1 is 1.06 bits per heavy atom. The molecule has 1 fully saturated rings. The van der Waals surface area contributed by atoms with Gasteiger partial charge in [0.25, 0.3) is 0 Å². The molecule has 0 amide bonds. The molecular weight excluding hydrogens is 448 g/mol. The first-order chi connectivity index (χ1) is 17.8. The molecule has 0 saturated carbocycles. The molecule has 1 atom stereocenters. The van der Waals surface area contributed by atoms with Crippen molar-refractivity contribution in [3.63, 3.8) is 0 Å². The van der Waals surface area contributed by atoms with E-state index in [0.717, 1.165) is 89.2 Å². The van der Waals surface area contributed by atoms with Crippen molar-refractivity contribution in [3.8, 4) is 52.2 Å². The first-order valence-corrected chi connectivity index (χ1v) is 12.6. The highest BCUT2D eigenvalue weighted by molar-refractivity contribution is 5.77. The van der Waals surface area contributed by atoms with E-state index in [9.17, 15) is 0 Å². The summed E-state index contributed by atoms with van der Waals surface area (Å²) in [6.07, 6.45) is 13.3. The Morgan fingerprint density at radius 3 is 2.64 bits per heavy atom. The molecule has 4 heterocycles. The zero-order valence-electron chi connectivity index (χ0n) is 20.6. The quantitative estimate of drug-likeness (QED) is 0.216. The van der Waals surface area contributed by atoms with Crippen molar-refractivity contribution in [1.29, 1.82) is 0 Å². The molecule has 184 valence electrons. The van der Waals surface area contributed by atoms with Gasteiger partial charge in [-0.05, 0) is 61.2 Å². The summed E-state index contributed by atoms with van der Waals surface area (Å²) in [5, 5.41) is 6.90. The molecule has 2 aromatic heterocycles. The molecule has 2 aliphatic heterocycles. The van der Waals surface area contributed by atoms with Crippen LogP contribution in [0.4, 0.5) is 0 Å². The molecule has 2 aromatic carbocycles. The Kier molecular flexibility index (Phi) is 7.17. The Bertz CT molecular complexity index is 1330. The van der Waals surface area contributed by atoms with Crippen molar-refractivity contribution in [3.05, 3.63) is 66.0 Å². The number of nitrogens with one attached hydrogen (secondary N) is 4. The summed E-state index contributed by atoms with van der Waals surface area (Å²) in [5.74, 6) is 2.88. The summed E-state index contributed by atoms with van der Waals surface area (Å²) in [6.45, 7) is 5.51. The molecule has 6 rings (SSSR count). The number of ether oxygens (including phenoxy) is 1. The summed E-state index contributed by atoms with van der Waals surface area (Å²) in [6, 6.07) is 15.3. The van der Waals surface area contributed by atoms with Crippen LogP contribution in [0.2, 0.25) is 0 Å². The lowest BCUT2D eigenvalue weighted by Crippen LogP contribution is -2.14. The predicted octanol–water partition coefficient (Wildman–Crippen LogP) is 5.20. The zero-order valence-corrected chi connectivity index (χ0v) is 20.6. The van der Waals surface area contributed by atoms with Crippen LogP contribution in [-0.4, -0.2) is 33.0 Å². The fraction of sp³-hybridized carbons (Fsp3) is 0.310. The highest BCUT2D eigenvalue weighted by atomic mass is 16.5. The molecule has 4 N–H and O–H groups in total. The van der Waals surface area contributed by atoms with Gasteiger partial charge in [0.2, 0.25) is 0 Å². The monoisotopic (exact) mass is 480 g/mol. The van der Waals surface area contributed by atoms with E-state index < -0.39 is 0 Å². The lowest BCUT2D eigenvalue weighted by Gasteiger charge is -2.17. The maximum Gasteiger partial charge on any atom is 0.130 e. The van der Waals surface area contributed by atoms with E-state index in [2.05, 4.69) is 87.8 Å². The van der Waals surface area contributed by atoms with Crippen LogP contribution in [0, 0.1) is 12.8 Å². The van der Waals surface area contributed by atoms with Crippen LogP contribution in [0.25, 0.3) is 33.6 Å². The number of hydrogen-bond donors (Lipinski definition) is 4. The summed E-state index contributed by atoms with van der Waals surface area (Å²) in [5.41, 5.74) is 7.60. The van der Waals surface area contributed by atoms with Crippen molar-refractivity contribution in [2.24, 2.45) is 0 Å². The number of H-pyrrole nitrogens is 2. The lowest BCUT2D eigenvalue weighted by atomic mass is 9.99. The van der Waals surface area contributed by atoms with Gasteiger partial charge < -0.3 is 25.3 Å². The Morgan fingerprint density at radius 2 is 1.86 bits per heavy atom. The molecule has 0 unspecified atom stereocenters. The number of fused-ring (bicyclic) bond motifs is 3. The number of terminal acetylenes is 1. The zero-order chi connectivity index (χ0) is 24.9. The van der Waals surface area contributed by atoms with E-state index in [1.54, 1.807) is 0 Å². The minimum Gasteiger partial charge on any atom is -0.487 e. The van der Waals surface area contributed by atoms with Gasteiger partial charge in [-0.1, -0.05) is 37.3 Å². The van der Waals surface area contributed by atoms with Crippen LogP contribution in [0.5, 0.6) is 5.75 Å². The van der Waals surface area contributed by atoms with Gasteiger partial charge in [-0.25, -0.2) is 9.97 Å². The van der Waals surface area contributed by atoms with E-state index in [1.165, 1.54) is 6.42 Å². The fourth-order valence-electron chi connectivity index (χ4n) is 4.83. The highest BCUT2D eigenvalue weighted by Crippen LogP contribution is 2.40. The molecule has 0 bridgehead atoms. The number of nitrogens with zero attached hydrogens (tertiary/aromatic N) is 2. The number of aromatic nitrogens is 4. The Balaban J connectivity index is 0.00000130. The lowest BCUT2D eigenvalue weighted by molar-refractivity contribution is 0.297. The van der Waals surface area contributed by atoms with E-state index in [4.69, 9.17) is 9.72 Å². The van der Waals surface area contributed by atoms with Gasteiger partial charge in [-0.3, -0.25) is 0 Å². The van der Waals surface area contributed by atoms with Crippen molar-refractivity contribution in [2.45, 2.75) is 45.4 Å². The molecule has 7 nitrogen and oxygen atoms in total. The van der Waals surface area contributed by atoms with E-state index in [1.807, 2.05) is 6.20 Å². The summed E-state index contributed by atoms with van der Waals surface area (Å²) >= 11 is 0. The molecule has 4 aromatic rings. The van der Waals surface area contributed by atoms with E-state index in [-0.39, 0.29) is 0 Å². The van der Waals surface area contributed by atoms with Gasteiger partial charge in [0.05, 0.1) is 35.9 Å². The molecule has 2 aliphatic rings. The van der Waals surface area contributed by atoms with Crippen LogP contribution in [0.15, 0.2) is 48.7 Å². The normalized spacial score (nSPS) is 15.9. The Hall–Kier alpha value is -3.86. The van der Waals surface area contributed by atoms with Crippen LogP contribution in [-0.2, 0) is 13.2 Å². The van der Waals surface area contributed by atoms with Gasteiger partial charge in [0.15, 0.2) is 0 Å². The summed E-state index contributed by atoms with van der Waals surface area (Å²) in [4.78, 5) is 16.3. The first kappa shape index (κ1) is 23.9. The number of imidazole rings is 2. The standard InChI is InChI=1S/C27H30N6O.C2H2/c1-2-11-28-15-25-30-14-22(31-25)18-7-5-17(6-8-18)19-9-10-20-24(13-19)34-16-23-26(20)33-27(32-23)21-4-3-12-29-21;1-2/h5-10,13-14,21,28-29H,2-4,11-12,15-16H2,1H3,(H,30,31)(H,32,33);1-2H/t21-;/m0./s1. The second-order valence-electron chi connectivity index (χ2n) is 9.10. The summed E-state index contributed by atoms with van der Waals surface area (Å²) < 4.78 is 6.11. The Labute approximate surface area is 212 Å². The predicted molar refractivity (Wildman–Crippen MR) is 143 cm³/mol. The van der Waals surface area contributed by atoms with E-state index >= 15 is 0 Å². The molecule has 0 radical (unpaired) electrons. The van der Waals surface area contributed by atoms with Crippen molar-refractivity contribution >= 4 is 0 Å². The maximum absolute atomic E-state index is 6.11. The molecule has 1 saturated heterocycles. The van der Waals surface area contributed by atoms with Crippen LogP contribution < -0.4 is 15.4 Å². The van der Waals surface area contributed by atoms with Gasteiger partial charge in [0, 0.05) is 5.56 Å². The van der Waals surface area contributed by atoms with Gasteiger partial charge in [-0.15, -0.1) is 12.8 Å². The minimum atomic E-state index is 0.324. The molecule has 36 heavy (non-hydrogen) atoms. The highest BCUT2D eigenvalue weighted by Gasteiger charge is 2.26. The topological polar surface area (TPSA) is 90.7 Å². The smallest absolute Gasteiger partial charge is 0.130 e. The molecule has 0 spiro atoms. The average molecular weight is 481 g/mol. The van der Waals surface area contributed by atoms with Gasteiger partial charge in [0.1, 0.15) is 24.0 Å². The maximum atomic E-state index is 6.11. The van der Waals surface area contributed by atoms with Crippen LogP contribution in [0.1, 0.15) is 49.6 Å². The SMILES string of the molecule is C#C.CCCNCc1ncc(-c2ccc(-c3ccc4c(c3)OCc3[nH]c([C@@H]5CCCN5)nc3-4)cc2)[nH]1. The average Bonchev–Trinajstić information content (AvgIpc) is 3.71. The minimum absolute atomic E-state index is 0.324. The third-order valence-corrected chi connectivity index (χ3v) is 6.67. The largest absolute Gasteiger partial charge is 0.487 e. The second-order valence-corrected chi connectivity index (χ2v) is 9.10. The number of hydrogen-bond acceptors (Lipinski definition) is 5. The van der Waals surface area contributed by atoms with Crippen molar-refractivity contribution in [1.82, 2.24) is 30.6 Å². The van der Waals surface area contributed by atoms with Crippen molar-refractivity contribution < 1.29 is 4.74 Å². The second kappa shape index (κ2) is 10.8. The van der Waals surface area contributed by atoms with Gasteiger partial charge in [-0.2, -0.15) is 0 Å². The van der Waals surface area contributed by atoms with Gasteiger partial charge >= 0.3 is 0 Å². The van der Waals surface area contributed by atoms with Crippen molar-refractivity contribution in [2.75, 3.05) is 13.1 Å². The van der Waals surface area contributed by atoms with E-state index in [0.29, 0.717) is 12.6 Å². The number of aromatic amines is 2. The molecule has 7 heteroatoms. The van der Waals surface area contributed by atoms with Crippen LogP contribution in [0.3, 0.4) is 0 Å². The molecular formula is C29H32N6O. The third kappa shape index (κ3) is 4.78. The first-order valence-electron chi connectivity index (χ1n) is 12.6. The third-order valence-electron chi connectivity index (χ3n) is 6.67. The summed E-state index contributed by atoms with van der Waals surface area (Å²) in [7, 11) is 0. The number of benzene rings is 2. The number of rotatable bonds is 7. The van der Waals surface area contributed by atoms with Crippen LogP contribution >= 0.6 is 0 Å². The fourth-order valence-corrected chi connectivity index (χ4v) is 4.83.